The van der Waals surface area contributed by atoms with Crippen LogP contribution in [-0.2, 0) is 44.9 Å². The first kappa shape index (κ1) is 26.0. The summed E-state index contributed by atoms with van der Waals surface area (Å²) in [5.41, 5.74) is 2.63. The number of nitrogens with one attached hydrogen (secondary N) is 1. The number of fused-ring (bicyclic) bond motifs is 1. The quantitative estimate of drug-likeness (QED) is 0.403. The SMILES string of the molecule is COCC1(n2c(NS(=O)(=O)C(C)C(OC)c3ncc(Cl)cn3)nnc2-c2nn(C)c3c2CCCC3)CC1. The van der Waals surface area contributed by atoms with E-state index in [1.54, 1.807) is 7.11 Å². The van der Waals surface area contributed by atoms with E-state index in [2.05, 4.69) is 24.9 Å². The Bertz CT molecular complexity index is 1380. The van der Waals surface area contributed by atoms with Gasteiger partial charge < -0.3 is 9.47 Å². The molecule has 0 aromatic carbocycles. The van der Waals surface area contributed by atoms with Gasteiger partial charge in [-0.25, -0.2) is 18.4 Å². The molecule has 2 aliphatic carbocycles. The molecule has 0 saturated heterocycles. The number of sulfonamides is 1. The Morgan fingerprint density at radius 3 is 2.51 bits per heavy atom. The number of aromatic nitrogens is 7. The Hall–Kier alpha value is -2.61. The van der Waals surface area contributed by atoms with Gasteiger partial charge in [-0.3, -0.25) is 14.0 Å². The van der Waals surface area contributed by atoms with E-state index in [4.69, 9.17) is 26.2 Å². The van der Waals surface area contributed by atoms with Gasteiger partial charge in [-0.05, 0) is 45.4 Å². The number of ether oxygens (including phenoxy) is 2. The summed E-state index contributed by atoms with van der Waals surface area (Å²) in [5.74, 6) is 0.881. The van der Waals surface area contributed by atoms with Gasteiger partial charge in [0.15, 0.2) is 11.6 Å². The van der Waals surface area contributed by atoms with Crippen molar-refractivity contribution in [3.05, 3.63) is 34.5 Å². The van der Waals surface area contributed by atoms with Gasteiger partial charge in [-0.2, -0.15) is 5.10 Å². The van der Waals surface area contributed by atoms with Crippen LogP contribution in [0.25, 0.3) is 11.5 Å². The van der Waals surface area contributed by atoms with Gasteiger partial charge in [0.2, 0.25) is 16.0 Å². The van der Waals surface area contributed by atoms with Crippen molar-refractivity contribution in [2.75, 3.05) is 25.5 Å². The molecule has 2 aliphatic rings. The maximum atomic E-state index is 13.6. The monoisotopic (exact) mass is 550 g/mol. The highest BCUT2D eigenvalue weighted by molar-refractivity contribution is 7.93. The molecule has 1 N–H and O–H groups in total. The Morgan fingerprint density at radius 1 is 1.16 bits per heavy atom. The summed E-state index contributed by atoms with van der Waals surface area (Å²) in [6, 6.07) is 0. The fourth-order valence-corrected chi connectivity index (χ4v) is 6.34. The summed E-state index contributed by atoms with van der Waals surface area (Å²) < 4.78 is 44.6. The Balaban J connectivity index is 1.53. The molecule has 0 radical (unpaired) electrons. The van der Waals surface area contributed by atoms with Gasteiger partial charge in [0.05, 0.1) is 17.2 Å². The number of rotatable bonds is 10. The lowest BCUT2D eigenvalue weighted by molar-refractivity contribution is 0.0950. The highest BCUT2D eigenvalue weighted by Crippen LogP contribution is 2.48. The first-order valence-corrected chi connectivity index (χ1v) is 14.1. The first-order chi connectivity index (χ1) is 17.7. The summed E-state index contributed by atoms with van der Waals surface area (Å²) in [4.78, 5) is 8.30. The van der Waals surface area contributed by atoms with E-state index in [0.717, 1.165) is 49.8 Å². The van der Waals surface area contributed by atoms with Crippen LogP contribution in [0, 0.1) is 0 Å². The van der Waals surface area contributed by atoms with Crippen molar-refractivity contribution in [2.24, 2.45) is 7.05 Å². The number of hydrogen-bond acceptors (Lipinski definition) is 9. The van der Waals surface area contributed by atoms with Crippen molar-refractivity contribution in [1.29, 1.82) is 0 Å². The van der Waals surface area contributed by atoms with Crippen LogP contribution in [0.5, 0.6) is 0 Å². The van der Waals surface area contributed by atoms with Gasteiger partial charge in [0.25, 0.3) is 0 Å². The molecule has 3 heterocycles. The topological polar surface area (TPSA) is 139 Å². The third kappa shape index (κ3) is 4.73. The molecule has 14 heteroatoms. The molecule has 5 rings (SSSR count). The molecule has 0 amide bonds. The van der Waals surface area contributed by atoms with E-state index >= 15 is 0 Å². The lowest BCUT2D eigenvalue weighted by Gasteiger charge is -2.24. The lowest BCUT2D eigenvalue weighted by atomic mass is 9.95. The van der Waals surface area contributed by atoms with E-state index in [-0.39, 0.29) is 11.8 Å². The largest absolute Gasteiger partial charge is 0.382 e. The minimum atomic E-state index is -4.01. The van der Waals surface area contributed by atoms with Gasteiger partial charge in [0, 0.05) is 44.9 Å². The van der Waals surface area contributed by atoms with Crippen LogP contribution >= 0.6 is 11.6 Å². The molecule has 0 bridgehead atoms. The molecule has 0 aliphatic heterocycles. The van der Waals surface area contributed by atoms with Crippen molar-refractivity contribution in [3.63, 3.8) is 0 Å². The third-order valence-corrected chi connectivity index (χ3v) is 9.14. The van der Waals surface area contributed by atoms with E-state index in [1.807, 2.05) is 16.3 Å². The molecule has 2 unspecified atom stereocenters. The number of nitrogens with zero attached hydrogens (tertiary/aromatic N) is 7. The predicted octanol–water partition coefficient (Wildman–Crippen LogP) is 2.65. The predicted molar refractivity (Wildman–Crippen MR) is 137 cm³/mol. The second-order valence-electron chi connectivity index (χ2n) is 9.71. The van der Waals surface area contributed by atoms with Crippen molar-refractivity contribution in [1.82, 2.24) is 34.5 Å². The number of anilines is 1. The summed E-state index contributed by atoms with van der Waals surface area (Å²) in [6.07, 6.45) is 7.55. The fourth-order valence-electron chi connectivity index (χ4n) is 5.11. The molecular formula is C23H31ClN8O4S. The average Bonchev–Trinajstić information content (AvgIpc) is 3.41. The normalized spacial score (nSPS) is 18.3. The third-order valence-electron chi connectivity index (χ3n) is 7.25. The van der Waals surface area contributed by atoms with Crippen LogP contribution in [0.1, 0.15) is 55.8 Å². The smallest absolute Gasteiger partial charge is 0.240 e. The number of hydrogen-bond donors (Lipinski definition) is 1. The van der Waals surface area contributed by atoms with Crippen LogP contribution in [0.2, 0.25) is 5.02 Å². The van der Waals surface area contributed by atoms with Crippen molar-refractivity contribution in [3.8, 4) is 11.5 Å². The Labute approximate surface area is 220 Å². The maximum absolute atomic E-state index is 13.6. The molecule has 3 aromatic rings. The van der Waals surface area contributed by atoms with E-state index in [0.29, 0.717) is 17.5 Å². The Kier molecular flexibility index (Phi) is 6.98. The first-order valence-electron chi connectivity index (χ1n) is 12.2. The van der Waals surface area contributed by atoms with Gasteiger partial charge >= 0.3 is 0 Å². The minimum Gasteiger partial charge on any atom is -0.382 e. The summed E-state index contributed by atoms with van der Waals surface area (Å²) >= 11 is 5.90. The summed E-state index contributed by atoms with van der Waals surface area (Å²) in [6.45, 7) is 1.93. The zero-order chi connectivity index (χ0) is 26.4. The van der Waals surface area contributed by atoms with Crippen molar-refractivity contribution >= 4 is 27.6 Å². The maximum Gasteiger partial charge on any atom is 0.240 e. The number of halogens is 1. The number of aryl methyl sites for hydroxylation is 1. The fraction of sp³-hybridized carbons (Fsp3) is 0.609. The minimum absolute atomic E-state index is 0.124. The zero-order valence-electron chi connectivity index (χ0n) is 21.3. The van der Waals surface area contributed by atoms with E-state index in [9.17, 15) is 8.42 Å². The van der Waals surface area contributed by atoms with Crippen LogP contribution in [0.3, 0.4) is 0 Å². The zero-order valence-corrected chi connectivity index (χ0v) is 22.9. The van der Waals surface area contributed by atoms with Crippen LogP contribution < -0.4 is 4.72 Å². The highest BCUT2D eigenvalue weighted by Gasteiger charge is 2.49. The lowest BCUT2D eigenvalue weighted by Crippen LogP contribution is -2.35. The standard InChI is InChI=1S/C23H31ClN8O4S/c1-14(19(36-4)20-25-11-15(24)12-26-20)37(33,34)30-22-28-27-21(32(22)23(9-10-23)13-35-3)18-16-7-5-6-8-17(16)31(2)29-18/h11-12,14,19H,5-10,13H2,1-4H3,(H,28,30). The van der Waals surface area contributed by atoms with Crippen LogP contribution in [0.15, 0.2) is 12.4 Å². The van der Waals surface area contributed by atoms with Crippen molar-refractivity contribution in [2.45, 2.75) is 62.3 Å². The van der Waals surface area contributed by atoms with Gasteiger partial charge in [-0.1, -0.05) is 11.6 Å². The second kappa shape index (κ2) is 9.93. The molecule has 1 fully saturated rings. The highest BCUT2D eigenvalue weighted by atomic mass is 35.5. The summed E-state index contributed by atoms with van der Waals surface area (Å²) in [7, 11) is 0.971. The molecule has 2 atom stereocenters. The molecule has 12 nitrogen and oxygen atoms in total. The van der Waals surface area contributed by atoms with Gasteiger partial charge in [0.1, 0.15) is 17.0 Å². The number of methoxy groups -OCH3 is 2. The Morgan fingerprint density at radius 2 is 1.86 bits per heavy atom. The van der Waals surface area contributed by atoms with Crippen LogP contribution in [0.4, 0.5) is 5.95 Å². The van der Waals surface area contributed by atoms with Crippen molar-refractivity contribution < 1.29 is 17.9 Å². The van der Waals surface area contributed by atoms with Crippen LogP contribution in [-0.4, -0.2) is 69.0 Å². The van der Waals surface area contributed by atoms with Gasteiger partial charge in [-0.15, -0.1) is 10.2 Å². The molecule has 3 aromatic heterocycles. The van der Waals surface area contributed by atoms with E-state index in [1.165, 1.54) is 32.1 Å². The molecule has 1 saturated carbocycles. The van der Waals surface area contributed by atoms with E-state index < -0.39 is 26.9 Å². The average molecular weight is 551 g/mol. The molecule has 0 spiro atoms. The summed E-state index contributed by atoms with van der Waals surface area (Å²) in [5, 5.41) is 12.8. The molecular weight excluding hydrogens is 520 g/mol. The molecule has 37 heavy (non-hydrogen) atoms. The molecule has 200 valence electrons. The second-order valence-corrected chi connectivity index (χ2v) is 12.2.